The fourth-order valence-corrected chi connectivity index (χ4v) is 8.81. The Bertz CT molecular complexity index is 3610. The van der Waals surface area contributed by atoms with E-state index in [1.54, 1.807) is 12.4 Å². The second-order valence-electron chi connectivity index (χ2n) is 16.3. The van der Waals surface area contributed by atoms with Gasteiger partial charge >= 0.3 is 0 Å². The Labute approximate surface area is 380 Å². The molecule has 0 saturated carbocycles. The summed E-state index contributed by atoms with van der Waals surface area (Å²) in [6, 6.07) is 54.5. The van der Waals surface area contributed by atoms with Gasteiger partial charge in [0.25, 0.3) is 0 Å². The first-order valence-corrected chi connectivity index (χ1v) is 21.9. The highest BCUT2D eigenvalue weighted by Crippen LogP contribution is 2.39. The van der Waals surface area contributed by atoms with Crippen LogP contribution >= 0.6 is 0 Å². The highest BCUT2D eigenvalue weighted by Gasteiger charge is 2.16. The smallest absolute Gasteiger partial charge is 0.0886 e. The van der Waals surface area contributed by atoms with Crippen molar-refractivity contribution in [1.29, 1.82) is 0 Å². The van der Waals surface area contributed by atoms with Gasteiger partial charge in [-0.05, 0) is 128 Å². The molecular weight excluding hydrogens is 809 g/mol. The van der Waals surface area contributed by atoms with E-state index in [2.05, 4.69) is 117 Å². The van der Waals surface area contributed by atoms with E-state index in [1.165, 1.54) is 32.3 Å². The lowest BCUT2D eigenvalue weighted by Gasteiger charge is -2.19. The molecule has 1 aliphatic rings. The second-order valence-corrected chi connectivity index (χ2v) is 16.3. The number of nitrogens with zero attached hydrogens (tertiary/aromatic N) is 7. The number of dihydropyridines is 1. The van der Waals surface area contributed by atoms with Crippen LogP contribution in [0.25, 0.3) is 105 Å². The van der Waals surface area contributed by atoms with Crippen LogP contribution in [0.1, 0.15) is 17.4 Å². The van der Waals surface area contributed by atoms with Crippen LogP contribution < -0.4 is 5.32 Å². The van der Waals surface area contributed by atoms with Gasteiger partial charge in [0.15, 0.2) is 0 Å². The molecule has 1 N–H and O–H groups in total. The van der Waals surface area contributed by atoms with Crippen molar-refractivity contribution in [2.24, 2.45) is 0 Å². The number of nitrogens with one attached hydrogen (secondary N) is 1. The van der Waals surface area contributed by atoms with Crippen molar-refractivity contribution in [3.8, 4) is 67.4 Å². The Hall–Kier alpha value is -9.01. The van der Waals surface area contributed by atoms with E-state index < -0.39 is 0 Å². The summed E-state index contributed by atoms with van der Waals surface area (Å²) in [5.74, 6) is 0. The maximum atomic E-state index is 4.95. The molecule has 0 spiro atoms. The van der Waals surface area contributed by atoms with Gasteiger partial charge in [0.1, 0.15) is 0 Å². The average Bonchev–Trinajstić information content (AvgIpc) is 3.41. The van der Waals surface area contributed by atoms with Gasteiger partial charge in [-0.1, -0.05) is 84.9 Å². The average molecular weight is 847 g/mol. The van der Waals surface area contributed by atoms with Crippen LogP contribution in [-0.2, 0) is 0 Å². The van der Waals surface area contributed by atoms with Gasteiger partial charge in [-0.15, -0.1) is 0 Å². The summed E-state index contributed by atoms with van der Waals surface area (Å²) in [6.07, 6.45) is 19.3. The van der Waals surface area contributed by atoms with Crippen molar-refractivity contribution in [3.05, 3.63) is 231 Å². The zero-order valence-electron chi connectivity index (χ0n) is 35.5. The quantitative estimate of drug-likeness (QED) is 0.151. The maximum absolute atomic E-state index is 4.95. The fraction of sp³-hybridized carbons (Fsp3) is 0.0172. The van der Waals surface area contributed by atoms with Crippen molar-refractivity contribution < 1.29 is 0 Å². The van der Waals surface area contributed by atoms with Crippen molar-refractivity contribution in [3.63, 3.8) is 0 Å². The molecule has 7 aromatic heterocycles. The van der Waals surface area contributed by atoms with Crippen molar-refractivity contribution >= 4 is 37.9 Å². The lowest BCUT2D eigenvalue weighted by Crippen LogP contribution is -2.17. The van der Waals surface area contributed by atoms with E-state index in [4.69, 9.17) is 19.9 Å². The molecule has 0 fully saturated rings. The first kappa shape index (κ1) is 38.6. The Morgan fingerprint density at radius 1 is 0.318 bits per heavy atom. The summed E-state index contributed by atoms with van der Waals surface area (Å²) in [6.45, 7) is 0. The number of benzene rings is 4. The highest BCUT2D eigenvalue weighted by atomic mass is 14.9. The predicted octanol–water partition coefficient (Wildman–Crippen LogP) is 13.2. The molecule has 12 rings (SSSR count). The minimum atomic E-state index is -0.0496. The molecular formula is C58H38N8. The van der Waals surface area contributed by atoms with Crippen molar-refractivity contribution in [2.45, 2.75) is 6.04 Å². The molecule has 1 unspecified atom stereocenters. The van der Waals surface area contributed by atoms with E-state index in [0.29, 0.717) is 0 Å². The summed E-state index contributed by atoms with van der Waals surface area (Å²) in [7, 11) is 0. The van der Waals surface area contributed by atoms with E-state index in [1.807, 2.05) is 110 Å². The van der Waals surface area contributed by atoms with Crippen LogP contribution in [-0.4, -0.2) is 34.9 Å². The van der Waals surface area contributed by atoms with E-state index in [0.717, 1.165) is 84.4 Å². The molecule has 1 atom stereocenters. The number of fused-ring (bicyclic) bond motifs is 6. The number of hydrogen-bond acceptors (Lipinski definition) is 8. The first-order valence-electron chi connectivity index (χ1n) is 21.9. The Morgan fingerprint density at radius 3 is 1.21 bits per heavy atom. The zero-order valence-corrected chi connectivity index (χ0v) is 35.5. The summed E-state index contributed by atoms with van der Waals surface area (Å²) < 4.78 is 0. The van der Waals surface area contributed by atoms with Crippen LogP contribution in [0.2, 0.25) is 0 Å². The minimum absolute atomic E-state index is 0.0496. The molecule has 0 saturated heterocycles. The maximum Gasteiger partial charge on any atom is 0.0886 e. The Morgan fingerprint density at radius 2 is 0.758 bits per heavy atom. The van der Waals surface area contributed by atoms with Crippen LogP contribution in [0.3, 0.4) is 0 Å². The molecule has 0 amide bonds. The molecule has 310 valence electrons. The van der Waals surface area contributed by atoms with Crippen LogP contribution in [0.5, 0.6) is 0 Å². The molecule has 0 bridgehead atoms. The van der Waals surface area contributed by atoms with Gasteiger partial charge < -0.3 is 5.32 Å². The summed E-state index contributed by atoms with van der Waals surface area (Å²) >= 11 is 0. The Balaban J connectivity index is 0.793. The molecule has 11 aromatic rings. The molecule has 4 aromatic carbocycles. The molecule has 0 radical (unpaired) electrons. The minimum Gasteiger partial charge on any atom is -0.379 e. The van der Waals surface area contributed by atoms with Gasteiger partial charge in [-0.2, -0.15) is 0 Å². The first-order chi connectivity index (χ1) is 32.7. The Kier molecular flexibility index (Phi) is 9.72. The van der Waals surface area contributed by atoms with Crippen LogP contribution in [0.15, 0.2) is 219 Å². The normalized spacial score (nSPS) is 13.5. The number of allylic oxidation sites excluding steroid dienone is 2. The number of pyridine rings is 7. The third-order valence-electron chi connectivity index (χ3n) is 12.3. The van der Waals surface area contributed by atoms with Gasteiger partial charge in [-0.3, -0.25) is 34.9 Å². The third kappa shape index (κ3) is 7.32. The molecule has 8 heterocycles. The van der Waals surface area contributed by atoms with Crippen molar-refractivity contribution in [1.82, 2.24) is 40.2 Å². The number of aromatic nitrogens is 7. The van der Waals surface area contributed by atoms with Gasteiger partial charge in [0.05, 0.1) is 45.9 Å². The van der Waals surface area contributed by atoms with E-state index in [-0.39, 0.29) is 6.04 Å². The molecule has 8 heteroatoms. The lowest BCUT2D eigenvalue weighted by molar-refractivity contribution is 0.723. The van der Waals surface area contributed by atoms with Gasteiger partial charge in [0, 0.05) is 83.0 Å². The highest BCUT2D eigenvalue weighted by molar-refractivity contribution is 6.26. The summed E-state index contributed by atoms with van der Waals surface area (Å²) in [5, 5.41) is 10.8. The summed E-state index contributed by atoms with van der Waals surface area (Å²) in [4.78, 5) is 32.8. The SMILES string of the molecule is C1=CC(c2ccc(-c3ccc4c5ccccc5c5ccc(-c6ccc(-c7ccc(-c8ccc(-c9ccccn9)cn8)cn7)nc6)cc5c4c3)cn2)NC=C1c1ccc(-c2ccccn2)cn1. The predicted molar refractivity (Wildman–Crippen MR) is 266 cm³/mol. The van der Waals surface area contributed by atoms with Crippen LogP contribution in [0, 0.1) is 0 Å². The fourth-order valence-electron chi connectivity index (χ4n) is 8.81. The van der Waals surface area contributed by atoms with Crippen LogP contribution in [0.4, 0.5) is 0 Å². The standard InChI is InChI=1S/C58H38N8/c1-2-8-46-45(7-1)47-19-11-37(39-13-23-55(63-31-39)57-25-17-43(35-65-57)53-21-15-41(33-61-53)51-9-3-5-27-59-51)29-49(47)50-30-38(12-20-48(46)50)40-14-24-56(64-32-40)58-26-18-44(36-66-58)54-22-16-42(34-62-54)52-10-4-6-28-60-52/h1-36,57,65H. The van der Waals surface area contributed by atoms with Gasteiger partial charge in [0.2, 0.25) is 0 Å². The largest absolute Gasteiger partial charge is 0.379 e. The lowest BCUT2D eigenvalue weighted by atomic mass is 9.90. The van der Waals surface area contributed by atoms with Gasteiger partial charge in [-0.25, -0.2) is 0 Å². The van der Waals surface area contributed by atoms with E-state index >= 15 is 0 Å². The monoisotopic (exact) mass is 846 g/mol. The number of rotatable bonds is 8. The molecule has 66 heavy (non-hydrogen) atoms. The van der Waals surface area contributed by atoms with E-state index in [9.17, 15) is 0 Å². The molecule has 1 aliphatic heterocycles. The third-order valence-corrected chi connectivity index (χ3v) is 12.3. The number of hydrogen-bond donors (Lipinski definition) is 1. The second kappa shape index (κ2) is 16.6. The molecule has 0 aliphatic carbocycles. The van der Waals surface area contributed by atoms with Crippen molar-refractivity contribution in [2.75, 3.05) is 0 Å². The summed E-state index contributed by atoms with van der Waals surface area (Å²) in [5.41, 5.74) is 14.3. The topological polar surface area (TPSA) is 102 Å². The molecule has 8 nitrogen and oxygen atoms in total. The zero-order chi connectivity index (χ0) is 43.8.